The molecule has 5 heteroatoms. The van der Waals surface area contributed by atoms with Crippen molar-refractivity contribution in [2.45, 2.75) is 26.8 Å². The number of benzene rings is 2. The highest BCUT2D eigenvalue weighted by Gasteiger charge is 2.16. The van der Waals surface area contributed by atoms with Gasteiger partial charge in [0.05, 0.1) is 24.8 Å². The van der Waals surface area contributed by atoms with E-state index >= 15 is 0 Å². The van der Waals surface area contributed by atoms with E-state index in [1.807, 2.05) is 39.0 Å². The first-order chi connectivity index (χ1) is 11.6. The van der Waals surface area contributed by atoms with Gasteiger partial charge in [-0.15, -0.1) is 0 Å². The van der Waals surface area contributed by atoms with Crippen LogP contribution in [0.5, 0.6) is 11.5 Å². The maximum atomic E-state index is 13.7. The van der Waals surface area contributed by atoms with Gasteiger partial charge in [0, 0.05) is 0 Å². The minimum atomic E-state index is -0.538. The molecule has 2 aromatic rings. The van der Waals surface area contributed by atoms with E-state index in [1.165, 1.54) is 12.1 Å². The monoisotopic (exact) mass is 331 g/mol. The van der Waals surface area contributed by atoms with Gasteiger partial charge in [0.2, 0.25) is 0 Å². The van der Waals surface area contributed by atoms with Crippen LogP contribution in [0.3, 0.4) is 0 Å². The number of rotatable bonds is 7. The topological polar surface area (TPSA) is 47.6 Å². The van der Waals surface area contributed by atoms with Crippen LogP contribution in [0.1, 0.15) is 42.7 Å². The summed E-state index contributed by atoms with van der Waals surface area (Å²) in [6.45, 7) is 6.69. The average Bonchev–Trinajstić information content (AvgIpc) is 2.57. The molecular weight excluding hydrogens is 309 g/mol. The minimum Gasteiger partial charge on any atom is -0.490 e. The maximum Gasteiger partial charge on any atom is 0.254 e. The molecule has 0 radical (unpaired) electrons. The summed E-state index contributed by atoms with van der Waals surface area (Å²) < 4.78 is 24.8. The Balaban J connectivity index is 2.17. The summed E-state index contributed by atoms with van der Waals surface area (Å²) in [5.41, 5.74) is 0.881. The zero-order valence-corrected chi connectivity index (χ0v) is 14.1. The number of amides is 1. The Morgan fingerprint density at radius 2 is 1.75 bits per heavy atom. The molecule has 1 amide bonds. The van der Waals surface area contributed by atoms with Crippen LogP contribution in [-0.4, -0.2) is 19.1 Å². The maximum absolute atomic E-state index is 13.7. The molecule has 0 aromatic heterocycles. The first kappa shape index (κ1) is 17.8. The third-order valence-electron chi connectivity index (χ3n) is 3.53. The zero-order chi connectivity index (χ0) is 17.5. The van der Waals surface area contributed by atoms with Gasteiger partial charge in [-0.3, -0.25) is 4.79 Å². The fraction of sp³-hybridized carbons (Fsp3) is 0.316. The third-order valence-corrected chi connectivity index (χ3v) is 3.53. The predicted octanol–water partition coefficient (Wildman–Crippen LogP) is 4.11. The van der Waals surface area contributed by atoms with Crippen LogP contribution in [0.15, 0.2) is 42.5 Å². The summed E-state index contributed by atoms with van der Waals surface area (Å²) in [5, 5.41) is 2.80. The van der Waals surface area contributed by atoms with Crippen molar-refractivity contribution in [3.63, 3.8) is 0 Å². The summed E-state index contributed by atoms with van der Waals surface area (Å²) in [6, 6.07) is 11.1. The van der Waals surface area contributed by atoms with E-state index in [0.29, 0.717) is 24.7 Å². The normalized spacial score (nSPS) is 11.7. The summed E-state index contributed by atoms with van der Waals surface area (Å²) >= 11 is 0. The Kier molecular flexibility index (Phi) is 6.18. The minimum absolute atomic E-state index is 0.0281. The van der Waals surface area contributed by atoms with Crippen LogP contribution in [0.2, 0.25) is 0 Å². The first-order valence-corrected chi connectivity index (χ1v) is 8.01. The molecule has 4 nitrogen and oxygen atoms in total. The van der Waals surface area contributed by atoms with Crippen molar-refractivity contribution in [1.82, 2.24) is 5.32 Å². The van der Waals surface area contributed by atoms with Gasteiger partial charge in [-0.25, -0.2) is 4.39 Å². The summed E-state index contributed by atoms with van der Waals surface area (Å²) in [7, 11) is 0. The molecule has 2 rings (SSSR count). The van der Waals surface area contributed by atoms with Crippen molar-refractivity contribution in [2.75, 3.05) is 13.2 Å². The van der Waals surface area contributed by atoms with Crippen LogP contribution >= 0.6 is 0 Å². The molecule has 0 saturated carbocycles. The van der Waals surface area contributed by atoms with Gasteiger partial charge in [-0.2, -0.15) is 0 Å². The van der Waals surface area contributed by atoms with E-state index in [0.717, 1.165) is 5.56 Å². The van der Waals surface area contributed by atoms with Crippen molar-refractivity contribution in [3.8, 4) is 11.5 Å². The van der Waals surface area contributed by atoms with Crippen molar-refractivity contribution in [2.24, 2.45) is 0 Å². The Morgan fingerprint density at radius 3 is 2.42 bits per heavy atom. The van der Waals surface area contributed by atoms with Gasteiger partial charge >= 0.3 is 0 Å². The van der Waals surface area contributed by atoms with E-state index in [-0.39, 0.29) is 11.6 Å². The lowest BCUT2D eigenvalue weighted by Crippen LogP contribution is -2.27. The Bertz CT molecular complexity index is 703. The summed E-state index contributed by atoms with van der Waals surface area (Å²) in [6.07, 6.45) is 0. The number of hydrogen-bond donors (Lipinski definition) is 1. The zero-order valence-electron chi connectivity index (χ0n) is 14.1. The Labute approximate surface area is 141 Å². The molecule has 0 fully saturated rings. The van der Waals surface area contributed by atoms with Crippen molar-refractivity contribution in [3.05, 3.63) is 59.4 Å². The van der Waals surface area contributed by atoms with Crippen LogP contribution in [0, 0.1) is 5.82 Å². The van der Waals surface area contributed by atoms with Gasteiger partial charge in [0.25, 0.3) is 5.91 Å². The number of ether oxygens (including phenoxy) is 2. The summed E-state index contributed by atoms with van der Waals surface area (Å²) in [4.78, 5) is 12.2. The molecule has 0 aliphatic heterocycles. The average molecular weight is 331 g/mol. The van der Waals surface area contributed by atoms with Crippen LogP contribution in [-0.2, 0) is 0 Å². The molecule has 0 aliphatic carbocycles. The highest BCUT2D eigenvalue weighted by atomic mass is 19.1. The molecule has 2 aromatic carbocycles. The van der Waals surface area contributed by atoms with Crippen molar-refractivity contribution >= 4 is 5.91 Å². The van der Waals surface area contributed by atoms with Gasteiger partial charge in [0.15, 0.2) is 11.5 Å². The van der Waals surface area contributed by atoms with E-state index < -0.39 is 11.7 Å². The lowest BCUT2D eigenvalue weighted by Gasteiger charge is -2.17. The Hall–Kier alpha value is -2.56. The quantitative estimate of drug-likeness (QED) is 0.830. The summed E-state index contributed by atoms with van der Waals surface area (Å²) in [5.74, 6) is 0.302. The largest absolute Gasteiger partial charge is 0.490 e. The highest BCUT2D eigenvalue weighted by Crippen LogP contribution is 2.30. The van der Waals surface area contributed by atoms with Gasteiger partial charge < -0.3 is 14.8 Å². The lowest BCUT2D eigenvalue weighted by atomic mass is 10.1. The lowest BCUT2D eigenvalue weighted by molar-refractivity contribution is 0.0935. The van der Waals surface area contributed by atoms with E-state index in [1.54, 1.807) is 12.1 Å². The molecule has 1 N–H and O–H groups in total. The van der Waals surface area contributed by atoms with Gasteiger partial charge in [-0.1, -0.05) is 18.2 Å². The molecule has 0 aliphatic rings. The van der Waals surface area contributed by atoms with E-state index in [4.69, 9.17) is 9.47 Å². The van der Waals surface area contributed by atoms with Crippen molar-refractivity contribution < 1.29 is 18.7 Å². The Morgan fingerprint density at radius 1 is 1.08 bits per heavy atom. The molecule has 24 heavy (non-hydrogen) atoms. The first-order valence-electron chi connectivity index (χ1n) is 8.01. The number of hydrogen-bond acceptors (Lipinski definition) is 3. The molecule has 0 heterocycles. The molecular formula is C19H22FNO3. The van der Waals surface area contributed by atoms with Gasteiger partial charge in [-0.05, 0) is 50.6 Å². The van der Waals surface area contributed by atoms with Crippen LogP contribution in [0.4, 0.5) is 4.39 Å². The van der Waals surface area contributed by atoms with E-state index in [2.05, 4.69) is 5.32 Å². The SMILES string of the molecule is CCOc1ccc([C@H](C)NC(=O)c2ccccc2F)cc1OCC. The van der Waals surface area contributed by atoms with Crippen molar-refractivity contribution in [1.29, 1.82) is 0 Å². The standard InChI is InChI=1S/C19H22FNO3/c1-4-23-17-11-10-14(12-18(17)24-5-2)13(3)21-19(22)15-8-6-7-9-16(15)20/h6-13H,4-5H2,1-3H3,(H,21,22)/t13-/m0/s1. The second-order valence-electron chi connectivity index (χ2n) is 5.25. The highest BCUT2D eigenvalue weighted by molar-refractivity contribution is 5.94. The molecule has 1 atom stereocenters. The third kappa shape index (κ3) is 4.25. The number of halogens is 1. The molecule has 0 spiro atoms. The molecule has 128 valence electrons. The molecule has 0 saturated heterocycles. The van der Waals surface area contributed by atoms with Crippen LogP contribution < -0.4 is 14.8 Å². The second kappa shape index (κ2) is 8.34. The van der Waals surface area contributed by atoms with Gasteiger partial charge in [0.1, 0.15) is 5.82 Å². The number of carbonyl (C=O) groups is 1. The van der Waals surface area contributed by atoms with Crippen LogP contribution in [0.25, 0.3) is 0 Å². The van der Waals surface area contributed by atoms with E-state index in [9.17, 15) is 9.18 Å². The number of nitrogens with one attached hydrogen (secondary N) is 1. The second-order valence-corrected chi connectivity index (χ2v) is 5.25. The fourth-order valence-corrected chi connectivity index (χ4v) is 2.34. The number of carbonyl (C=O) groups excluding carboxylic acids is 1. The fourth-order valence-electron chi connectivity index (χ4n) is 2.34. The molecule has 0 bridgehead atoms. The smallest absolute Gasteiger partial charge is 0.254 e. The predicted molar refractivity (Wildman–Crippen MR) is 91.1 cm³/mol. The molecule has 0 unspecified atom stereocenters.